The molecule has 158 valence electrons. The first-order chi connectivity index (χ1) is 15.0. The fraction of sp³-hybridized carbons (Fsp3) is 0.130. The highest BCUT2D eigenvalue weighted by molar-refractivity contribution is 7.21. The molecular formula is C23H18ClNO5S. The molecule has 4 aromatic rings. The Morgan fingerprint density at radius 2 is 1.94 bits per heavy atom. The van der Waals surface area contributed by atoms with Crippen molar-refractivity contribution in [1.29, 1.82) is 0 Å². The van der Waals surface area contributed by atoms with E-state index < -0.39 is 11.9 Å². The minimum absolute atomic E-state index is 0.169. The van der Waals surface area contributed by atoms with Crippen LogP contribution in [0.2, 0.25) is 5.02 Å². The lowest BCUT2D eigenvalue weighted by Gasteiger charge is -2.07. The fourth-order valence-electron chi connectivity index (χ4n) is 3.00. The molecule has 0 aliphatic rings. The third-order valence-electron chi connectivity index (χ3n) is 4.61. The molecule has 31 heavy (non-hydrogen) atoms. The Kier molecular flexibility index (Phi) is 5.97. The molecule has 0 aliphatic heterocycles. The third kappa shape index (κ3) is 4.42. The Hall–Kier alpha value is -3.29. The summed E-state index contributed by atoms with van der Waals surface area (Å²) in [6.07, 6.45) is 0. The van der Waals surface area contributed by atoms with Gasteiger partial charge in [-0.25, -0.2) is 4.79 Å². The van der Waals surface area contributed by atoms with Gasteiger partial charge in [0.15, 0.2) is 5.76 Å². The first-order valence-electron chi connectivity index (χ1n) is 9.35. The molecular weight excluding hydrogens is 438 g/mol. The van der Waals surface area contributed by atoms with E-state index in [0.717, 1.165) is 21.4 Å². The average Bonchev–Trinajstić information content (AvgIpc) is 3.37. The number of hydrogen-bond acceptors (Lipinski definition) is 6. The van der Waals surface area contributed by atoms with E-state index in [1.54, 1.807) is 30.3 Å². The molecule has 0 unspecified atom stereocenters. The number of hydrogen-bond donors (Lipinski definition) is 1. The third-order valence-corrected chi connectivity index (χ3v) is 6.24. The van der Waals surface area contributed by atoms with Gasteiger partial charge in [-0.1, -0.05) is 29.8 Å². The van der Waals surface area contributed by atoms with Crippen LogP contribution < -0.4 is 10.1 Å². The van der Waals surface area contributed by atoms with Gasteiger partial charge in [-0.3, -0.25) is 4.79 Å². The van der Waals surface area contributed by atoms with E-state index >= 15 is 0 Å². The number of halogens is 1. The van der Waals surface area contributed by atoms with E-state index in [1.807, 2.05) is 31.2 Å². The number of para-hydroxylation sites is 1. The average molecular weight is 456 g/mol. The van der Waals surface area contributed by atoms with Crippen molar-refractivity contribution in [2.24, 2.45) is 0 Å². The summed E-state index contributed by atoms with van der Waals surface area (Å²) in [4.78, 5) is 24.7. The van der Waals surface area contributed by atoms with E-state index in [-0.39, 0.29) is 12.4 Å². The molecule has 1 N–H and O–H groups in total. The molecule has 0 atom stereocenters. The topological polar surface area (TPSA) is 77.8 Å². The highest BCUT2D eigenvalue weighted by atomic mass is 35.5. The number of fused-ring (bicyclic) bond motifs is 1. The van der Waals surface area contributed by atoms with Crippen LogP contribution in [0.25, 0.3) is 10.1 Å². The predicted octanol–water partition coefficient (Wildman–Crippen LogP) is 6.07. The van der Waals surface area contributed by atoms with Crippen LogP contribution in [0.4, 0.5) is 5.69 Å². The van der Waals surface area contributed by atoms with Crippen molar-refractivity contribution in [1.82, 2.24) is 0 Å². The number of carbonyl (C=O) groups excluding carboxylic acids is 2. The van der Waals surface area contributed by atoms with Gasteiger partial charge in [0.25, 0.3) is 5.91 Å². The van der Waals surface area contributed by atoms with Gasteiger partial charge in [0, 0.05) is 15.8 Å². The van der Waals surface area contributed by atoms with E-state index in [9.17, 15) is 9.59 Å². The molecule has 0 spiro atoms. The van der Waals surface area contributed by atoms with Crippen LogP contribution in [0.15, 0.2) is 59.0 Å². The highest BCUT2D eigenvalue weighted by Crippen LogP contribution is 2.37. The molecule has 6 nitrogen and oxygen atoms in total. The van der Waals surface area contributed by atoms with Gasteiger partial charge in [0.05, 0.1) is 12.1 Å². The van der Waals surface area contributed by atoms with Crippen molar-refractivity contribution in [2.75, 3.05) is 12.4 Å². The Labute approximate surface area is 187 Å². The molecule has 0 bridgehead atoms. The van der Waals surface area contributed by atoms with E-state index in [2.05, 4.69) is 5.32 Å². The van der Waals surface area contributed by atoms with Crippen molar-refractivity contribution in [3.8, 4) is 5.75 Å². The van der Waals surface area contributed by atoms with Crippen molar-refractivity contribution in [3.63, 3.8) is 0 Å². The monoisotopic (exact) mass is 455 g/mol. The lowest BCUT2D eigenvalue weighted by molar-refractivity contribution is 0.0606. The summed E-state index contributed by atoms with van der Waals surface area (Å²) >= 11 is 7.47. The molecule has 1 amide bonds. The summed E-state index contributed by atoms with van der Waals surface area (Å²) < 4.78 is 16.9. The first kappa shape index (κ1) is 21.0. The number of thiophene rings is 1. The SMILES string of the molecule is COC(=O)c1sc2cc(NC(=O)c3ccc(COc4ccccc4C)o3)ccc2c1Cl. The number of amides is 1. The molecule has 4 rings (SSSR count). The van der Waals surface area contributed by atoms with Crippen molar-refractivity contribution in [3.05, 3.63) is 81.6 Å². The second kappa shape index (κ2) is 8.83. The zero-order valence-corrected chi connectivity index (χ0v) is 18.3. The van der Waals surface area contributed by atoms with Crippen LogP contribution in [-0.2, 0) is 11.3 Å². The number of methoxy groups -OCH3 is 1. The number of ether oxygens (including phenoxy) is 2. The van der Waals surface area contributed by atoms with E-state index in [1.165, 1.54) is 18.4 Å². The fourth-order valence-corrected chi connectivity index (χ4v) is 4.47. The molecule has 0 fully saturated rings. The van der Waals surface area contributed by atoms with Gasteiger partial charge in [0.1, 0.15) is 23.0 Å². The van der Waals surface area contributed by atoms with E-state index in [0.29, 0.717) is 21.3 Å². The Balaban J connectivity index is 1.45. The standard InChI is InChI=1S/C23H18ClNO5S/c1-13-5-3-4-6-17(13)29-12-15-8-10-18(30-15)22(26)25-14-7-9-16-19(11-14)31-21(20(16)24)23(27)28-2/h3-11H,12H2,1-2H3,(H,25,26). The van der Waals surface area contributed by atoms with Crippen LogP contribution in [0.1, 0.15) is 31.6 Å². The van der Waals surface area contributed by atoms with Crippen molar-refractivity contribution < 1.29 is 23.5 Å². The number of furan rings is 1. The van der Waals surface area contributed by atoms with Crippen molar-refractivity contribution in [2.45, 2.75) is 13.5 Å². The summed E-state index contributed by atoms with van der Waals surface area (Å²) in [5, 5.41) is 3.86. The number of aryl methyl sites for hydroxylation is 1. The van der Waals surface area contributed by atoms with Crippen LogP contribution in [-0.4, -0.2) is 19.0 Å². The zero-order valence-electron chi connectivity index (χ0n) is 16.7. The summed E-state index contributed by atoms with van der Waals surface area (Å²) in [6.45, 7) is 2.18. The number of esters is 1. The number of carbonyl (C=O) groups is 2. The van der Waals surface area contributed by atoms with Crippen LogP contribution in [0.5, 0.6) is 5.75 Å². The largest absolute Gasteiger partial charge is 0.485 e. The van der Waals surface area contributed by atoms with Gasteiger partial charge < -0.3 is 19.2 Å². The minimum atomic E-state index is -0.493. The maximum atomic E-state index is 12.6. The van der Waals surface area contributed by atoms with Crippen LogP contribution in [0, 0.1) is 6.92 Å². The smallest absolute Gasteiger partial charge is 0.349 e. The van der Waals surface area contributed by atoms with E-state index in [4.69, 9.17) is 25.5 Å². The number of rotatable bonds is 6. The number of anilines is 1. The van der Waals surface area contributed by atoms with Crippen LogP contribution in [0.3, 0.4) is 0 Å². The maximum Gasteiger partial charge on any atom is 0.349 e. The van der Waals surface area contributed by atoms with Gasteiger partial charge in [-0.15, -0.1) is 11.3 Å². The van der Waals surface area contributed by atoms with Gasteiger partial charge >= 0.3 is 5.97 Å². The van der Waals surface area contributed by atoms with Gasteiger partial charge in [-0.05, 0) is 48.9 Å². The molecule has 2 aromatic heterocycles. The Bertz CT molecular complexity index is 1280. The lowest BCUT2D eigenvalue weighted by Crippen LogP contribution is -2.10. The summed E-state index contributed by atoms with van der Waals surface area (Å²) in [7, 11) is 1.30. The molecule has 0 aliphatic carbocycles. The molecule has 8 heteroatoms. The molecule has 0 saturated carbocycles. The normalized spacial score (nSPS) is 10.8. The first-order valence-corrected chi connectivity index (χ1v) is 10.5. The Morgan fingerprint density at radius 1 is 1.13 bits per heavy atom. The lowest BCUT2D eigenvalue weighted by atomic mass is 10.2. The predicted molar refractivity (Wildman–Crippen MR) is 120 cm³/mol. The van der Waals surface area contributed by atoms with Crippen LogP contribution >= 0.6 is 22.9 Å². The molecule has 2 aromatic carbocycles. The molecule has 0 radical (unpaired) electrons. The van der Waals surface area contributed by atoms with Gasteiger partial charge in [0.2, 0.25) is 0 Å². The summed E-state index contributed by atoms with van der Waals surface area (Å²) in [5.74, 6) is 0.587. The molecule has 0 saturated heterocycles. The second-order valence-corrected chi connectivity index (χ2v) is 8.15. The second-order valence-electron chi connectivity index (χ2n) is 6.72. The molecule has 2 heterocycles. The Morgan fingerprint density at radius 3 is 2.71 bits per heavy atom. The summed E-state index contributed by atoms with van der Waals surface area (Å²) in [6, 6.07) is 16.2. The highest BCUT2D eigenvalue weighted by Gasteiger charge is 2.18. The zero-order chi connectivity index (χ0) is 22.0. The quantitative estimate of drug-likeness (QED) is 0.357. The number of nitrogens with one attached hydrogen (secondary N) is 1. The van der Waals surface area contributed by atoms with Crippen molar-refractivity contribution >= 4 is 50.6 Å². The summed E-state index contributed by atoms with van der Waals surface area (Å²) in [5.41, 5.74) is 1.58. The maximum absolute atomic E-state index is 12.6. The minimum Gasteiger partial charge on any atom is -0.485 e. The number of benzene rings is 2. The van der Waals surface area contributed by atoms with Gasteiger partial charge in [-0.2, -0.15) is 0 Å².